The van der Waals surface area contributed by atoms with Crippen molar-refractivity contribution in [1.29, 1.82) is 0 Å². The van der Waals surface area contributed by atoms with Crippen LogP contribution in [0.5, 0.6) is 0 Å². The van der Waals surface area contributed by atoms with Crippen LogP contribution in [0, 0.1) is 5.92 Å². The highest BCUT2D eigenvalue weighted by Crippen LogP contribution is 2.25. The van der Waals surface area contributed by atoms with Crippen LogP contribution in [0.1, 0.15) is 31.7 Å². The molecule has 4 heteroatoms. The van der Waals surface area contributed by atoms with Gasteiger partial charge < -0.3 is 15.5 Å². The Morgan fingerprint density at radius 3 is 2.62 bits per heavy atom. The van der Waals surface area contributed by atoms with E-state index in [0.29, 0.717) is 12.5 Å². The Morgan fingerprint density at radius 1 is 1.50 bits per heavy atom. The van der Waals surface area contributed by atoms with Crippen LogP contribution in [0.4, 0.5) is 0 Å². The highest BCUT2D eigenvalue weighted by molar-refractivity contribution is 7.10. The predicted molar refractivity (Wildman–Crippen MR) is 67.6 cm³/mol. The molecule has 1 heterocycles. The first-order valence-corrected chi connectivity index (χ1v) is 6.44. The average molecular weight is 243 g/mol. The van der Waals surface area contributed by atoms with Crippen molar-refractivity contribution in [3.63, 3.8) is 0 Å². The molecule has 0 spiro atoms. The maximum absolute atomic E-state index is 9.74. The van der Waals surface area contributed by atoms with Gasteiger partial charge in [0.2, 0.25) is 0 Å². The molecule has 1 aromatic heterocycles. The molecule has 0 radical (unpaired) electrons. The zero-order valence-electron chi connectivity index (χ0n) is 10.1. The number of nitrogens with one attached hydrogen (secondary N) is 1. The summed E-state index contributed by atoms with van der Waals surface area (Å²) in [4.78, 5) is 1.27. The van der Waals surface area contributed by atoms with Crippen LogP contribution in [0.15, 0.2) is 17.5 Å². The van der Waals surface area contributed by atoms with E-state index >= 15 is 0 Å². The van der Waals surface area contributed by atoms with Crippen LogP contribution in [0.25, 0.3) is 0 Å². The van der Waals surface area contributed by atoms with E-state index < -0.39 is 5.60 Å². The molecule has 0 saturated heterocycles. The first-order valence-electron chi connectivity index (χ1n) is 5.56. The van der Waals surface area contributed by atoms with Gasteiger partial charge in [-0.2, -0.15) is 0 Å². The predicted octanol–water partition coefficient (Wildman–Crippen LogP) is 1.78. The van der Waals surface area contributed by atoms with Gasteiger partial charge >= 0.3 is 0 Å². The molecule has 3 nitrogen and oxygen atoms in total. The quantitative estimate of drug-likeness (QED) is 0.714. The van der Waals surface area contributed by atoms with Gasteiger partial charge in [-0.25, -0.2) is 0 Å². The van der Waals surface area contributed by atoms with Crippen LogP contribution in [-0.2, 0) is 0 Å². The summed E-state index contributed by atoms with van der Waals surface area (Å²) in [7, 11) is 0. The topological polar surface area (TPSA) is 52.5 Å². The number of hydrogen-bond acceptors (Lipinski definition) is 4. The molecule has 3 N–H and O–H groups in total. The Kier molecular flexibility index (Phi) is 4.92. The molecular formula is C12H21NO2S. The molecule has 0 aliphatic heterocycles. The molecule has 0 saturated carbocycles. The second-order valence-electron chi connectivity index (χ2n) is 4.77. The monoisotopic (exact) mass is 243 g/mol. The van der Waals surface area contributed by atoms with Gasteiger partial charge in [0.05, 0.1) is 12.2 Å². The lowest BCUT2D eigenvalue weighted by Gasteiger charge is -2.27. The number of hydrogen-bond donors (Lipinski definition) is 3. The summed E-state index contributed by atoms with van der Waals surface area (Å²) in [5.74, 6) is 0.452. The van der Waals surface area contributed by atoms with E-state index in [0.717, 1.165) is 0 Å². The minimum atomic E-state index is -1.05. The summed E-state index contributed by atoms with van der Waals surface area (Å²) >= 11 is 1.71. The first-order chi connectivity index (χ1) is 7.46. The van der Waals surface area contributed by atoms with Crippen molar-refractivity contribution < 1.29 is 10.2 Å². The second-order valence-corrected chi connectivity index (χ2v) is 5.75. The molecule has 2 atom stereocenters. The maximum atomic E-state index is 9.74. The molecule has 0 amide bonds. The Labute approximate surface area is 101 Å². The van der Waals surface area contributed by atoms with Gasteiger partial charge in [0.1, 0.15) is 0 Å². The lowest BCUT2D eigenvalue weighted by molar-refractivity contribution is -0.000306. The van der Waals surface area contributed by atoms with Gasteiger partial charge in [-0.15, -0.1) is 11.3 Å². The third-order valence-corrected chi connectivity index (χ3v) is 3.52. The summed E-state index contributed by atoms with van der Waals surface area (Å²) in [6.07, 6.45) is 0. The van der Waals surface area contributed by atoms with Crippen molar-refractivity contribution in [2.24, 2.45) is 5.92 Å². The highest BCUT2D eigenvalue weighted by atomic mass is 32.1. The van der Waals surface area contributed by atoms with Crippen molar-refractivity contribution in [2.75, 3.05) is 13.2 Å². The minimum absolute atomic E-state index is 0.227. The number of aliphatic hydroxyl groups is 2. The fraction of sp³-hybridized carbons (Fsp3) is 0.667. The third-order valence-electron chi connectivity index (χ3n) is 2.56. The zero-order valence-corrected chi connectivity index (χ0v) is 10.9. The van der Waals surface area contributed by atoms with Crippen LogP contribution >= 0.6 is 11.3 Å². The van der Waals surface area contributed by atoms with Gasteiger partial charge in [0.15, 0.2) is 0 Å². The molecule has 1 aromatic rings. The summed E-state index contributed by atoms with van der Waals surface area (Å²) < 4.78 is 0. The molecular weight excluding hydrogens is 222 g/mol. The average Bonchev–Trinajstić information content (AvgIpc) is 2.71. The van der Waals surface area contributed by atoms with E-state index in [-0.39, 0.29) is 12.6 Å². The standard InChI is InChI=1S/C12H21NO2S/c1-9(2)11(10-5-4-6-16-10)13-7-12(3,15)8-14/h4-6,9,11,13-15H,7-8H2,1-3H3. The molecule has 0 aromatic carbocycles. The van der Waals surface area contributed by atoms with Gasteiger partial charge in [-0.1, -0.05) is 19.9 Å². The molecule has 16 heavy (non-hydrogen) atoms. The van der Waals surface area contributed by atoms with Gasteiger partial charge in [0.25, 0.3) is 0 Å². The number of thiophene rings is 1. The van der Waals surface area contributed by atoms with Crippen molar-refractivity contribution in [1.82, 2.24) is 5.32 Å². The number of rotatable bonds is 6. The van der Waals surface area contributed by atoms with Crippen LogP contribution < -0.4 is 5.32 Å². The summed E-state index contributed by atoms with van der Waals surface area (Å²) in [6.45, 7) is 6.08. The highest BCUT2D eigenvalue weighted by Gasteiger charge is 2.23. The Balaban J connectivity index is 2.60. The summed E-state index contributed by atoms with van der Waals surface area (Å²) in [6, 6.07) is 4.36. The van der Waals surface area contributed by atoms with Crippen molar-refractivity contribution in [3.05, 3.63) is 22.4 Å². The van der Waals surface area contributed by atoms with E-state index in [1.54, 1.807) is 18.3 Å². The lowest BCUT2D eigenvalue weighted by atomic mass is 10.0. The van der Waals surface area contributed by atoms with Crippen LogP contribution in [0.3, 0.4) is 0 Å². The molecule has 0 aliphatic carbocycles. The van der Waals surface area contributed by atoms with Crippen LogP contribution in [-0.4, -0.2) is 29.0 Å². The maximum Gasteiger partial charge on any atom is 0.0973 e. The van der Waals surface area contributed by atoms with Gasteiger partial charge in [-0.3, -0.25) is 0 Å². The molecule has 1 rings (SSSR count). The Hall–Kier alpha value is -0.420. The van der Waals surface area contributed by atoms with E-state index in [1.807, 2.05) is 6.07 Å². The normalized spacial score (nSPS) is 17.4. The molecule has 0 aliphatic rings. The Morgan fingerprint density at radius 2 is 2.19 bits per heavy atom. The fourth-order valence-corrected chi connectivity index (χ4v) is 2.49. The van der Waals surface area contributed by atoms with Gasteiger partial charge in [0, 0.05) is 17.5 Å². The summed E-state index contributed by atoms with van der Waals surface area (Å²) in [5, 5.41) is 24.1. The third kappa shape index (κ3) is 3.87. The Bertz CT molecular complexity index is 296. The zero-order chi connectivity index (χ0) is 12.2. The minimum Gasteiger partial charge on any atom is -0.393 e. The summed E-state index contributed by atoms with van der Waals surface area (Å²) in [5.41, 5.74) is -1.05. The van der Waals surface area contributed by atoms with Crippen molar-refractivity contribution in [3.8, 4) is 0 Å². The van der Waals surface area contributed by atoms with Gasteiger partial charge in [-0.05, 0) is 24.3 Å². The fourth-order valence-electron chi connectivity index (χ4n) is 1.52. The van der Waals surface area contributed by atoms with E-state index in [9.17, 15) is 5.11 Å². The van der Waals surface area contributed by atoms with E-state index in [1.165, 1.54) is 4.88 Å². The molecule has 92 valence electrons. The van der Waals surface area contributed by atoms with Crippen molar-refractivity contribution in [2.45, 2.75) is 32.4 Å². The van der Waals surface area contributed by atoms with E-state index in [2.05, 4.69) is 30.6 Å². The lowest BCUT2D eigenvalue weighted by Crippen LogP contribution is -2.43. The molecule has 0 fully saturated rings. The first kappa shape index (κ1) is 13.6. The van der Waals surface area contributed by atoms with E-state index in [4.69, 9.17) is 5.11 Å². The second kappa shape index (κ2) is 5.77. The molecule has 2 unspecified atom stereocenters. The molecule has 0 bridgehead atoms. The smallest absolute Gasteiger partial charge is 0.0973 e. The largest absolute Gasteiger partial charge is 0.393 e. The SMILES string of the molecule is CC(C)C(NCC(C)(O)CO)c1cccs1. The van der Waals surface area contributed by atoms with Crippen molar-refractivity contribution >= 4 is 11.3 Å². The number of aliphatic hydroxyl groups excluding tert-OH is 1. The van der Waals surface area contributed by atoms with Crippen LogP contribution in [0.2, 0.25) is 0 Å².